The van der Waals surface area contributed by atoms with Crippen molar-refractivity contribution in [1.82, 2.24) is 9.88 Å². The average Bonchev–Trinajstić information content (AvgIpc) is 2.66. The van der Waals surface area contributed by atoms with E-state index in [0.29, 0.717) is 6.04 Å². The third kappa shape index (κ3) is 2.59. The summed E-state index contributed by atoms with van der Waals surface area (Å²) in [6, 6.07) is 9.63. The van der Waals surface area contributed by atoms with E-state index in [1.165, 1.54) is 28.6 Å². The Balaban J connectivity index is 2.41. The Morgan fingerprint density at radius 3 is 2.67 bits per heavy atom. The van der Waals surface area contributed by atoms with Crippen molar-refractivity contribution in [1.29, 1.82) is 0 Å². The molecule has 2 rings (SSSR count). The Hall–Kier alpha value is -1.28. The SMILES string of the molecule is CNCCCc1cc2cc(C)ccc2n1C(C)C. The van der Waals surface area contributed by atoms with Crippen molar-refractivity contribution in [3.05, 3.63) is 35.5 Å². The summed E-state index contributed by atoms with van der Waals surface area (Å²) in [4.78, 5) is 0. The molecule has 18 heavy (non-hydrogen) atoms. The molecular weight excluding hydrogens is 220 g/mol. The molecule has 98 valence electrons. The second-order valence-corrected chi connectivity index (χ2v) is 5.37. The van der Waals surface area contributed by atoms with Crippen molar-refractivity contribution < 1.29 is 0 Å². The van der Waals surface area contributed by atoms with E-state index >= 15 is 0 Å². The van der Waals surface area contributed by atoms with Crippen molar-refractivity contribution in [2.45, 2.75) is 39.7 Å². The van der Waals surface area contributed by atoms with Gasteiger partial charge in [-0.25, -0.2) is 0 Å². The van der Waals surface area contributed by atoms with Crippen molar-refractivity contribution in [2.24, 2.45) is 0 Å². The summed E-state index contributed by atoms with van der Waals surface area (Å²) in [5.74, 6) is 0. The number of hydrogen-bond acceptors (Lipinski definition) is 1. The number of benzene rings is 1. The largest absolute Gasteiger partial charge is 0.342 e. The lowest BCUT2D eigenvalue weighted by Crippen LogP contribution is -2.11. The maximum Gasteiger partial charge on any atom is 0.0485 e. The highest BCUT2D eigenvalue weighted by Gasteiger charge is 2.10. The molecule has 2 aromatic rings. The maximum absolute atomic E-state index is 3.22. The van der Waals surface area contributed by atoms with Crippen LogP contribution in [0.15, 0.2) is 24.3 Å². The minimum absolute atomic E-state index is 0.523. The highest BCUT2D eigenvalue weighted by molar-refractivity contribution is 5.82. The van der Waals surface area contributed by atoms with E-state index in [9.17, 15) is 0 Å². The second-order valence-electron chi connectivity index (χ2n) is 5.37. The first-order valence-electron chi connectivity index (χ1n) is 6.88. The van der Waals surface area contributed by atoms with Gasteiger partial charge in [0.05, 0.1) is 0 Å². The van der Waals surface area contributed by atoms with Gasteiger partial charge in [-0.15, -0.1) is 0 Å². The van der Waals surface area contributed by atoms with Gasteiger partial charge in [-0.3, -0.25) is 0 Å². The van der Waals surface area contributed by atoms with Crippen LogP contribution in [-0.2, 0) is 6.42 Å². The monoisotopic (exact) mass is 244 g/mol. The van der Waals surface area contributed by atoms with E-state index in [-0.39, 0.29) is 0 Å². The summed E-state index contributed by atoms with van der Waals surface area (Å²) in [6.45, 7) is 7.77. The zero-order valence-corrected chi connectivity index (χ0v) is 12.0. The Labute approximate surface area is 110 Å². The number of fused-ring (bicyclic) bond motifs is 1. The third-order valence-electron chi connectivity index (χ3n) is 3.45. The van der Waals surface area contributed by atoms with Crippen molar-refractivity contribution >= 4 is 10.9 Å². The number of aromatic nitrogens is 1. The molecule has 1 N–H and O–H groups in total. The Bertz CT molecular complexity index is 523. The van der Waals surface area contributed by atoms with E-state index in [0.717, 1.165) is 13.0 Å². The standard InChI is InChI=1S/C16H24N2/c1-12(2)18-15(6-5-9-17-4)11-14-10-13(3)7-8-16(14)18/h7-8,10-12,17H,5-6,9H2,1-4H3. The lowest BCUT2D eigenvalue weighted by atomic mass is 10.1. The Morgan fingerprint density at radius 2 is 2.00 bits per heavy atom. The fraction of sp³-hybridized carbons (Fsp3) is 0.500. The molecule has 0 saturated carbocycles. The first-order valence-corrected chi connectivity index (χ1v) is 6.88. The van der Waals surface area contributed by atoms with Crippen molar-refractivity contribution in [3.63, 3.8) is 0 Å². The first-order chi connectivity index (χ1) is 8.63. The molecular formula is C16H24N2. The number of rotatable bonds is 5. The fourth-order valence-electron chi connectivity index (χ4n) is 2.66. The molecule has 2 nitrogen and oxygen atoms in total. The normalized spacial score (nSPS) is 11.6. The second kappa shape index (κ2) is 5.57. The predicted octanol–water partition coefficient (Wildman–Crippen LogP) is 3.68. The van der Waals surface area contributed by atoms with E-state index in [2.05, 4.69) is 54.9 Å². The molecule has 0 aliphatic rings. The molecule has 1 aromatic heterocycles. The van der Waals surface area contributed by atoms with Gasteiger partial charge in [0.25, 0.3) is 0 Å². The van der Waals surface area contributed by atoms with Gasteiger partial charge < -0.3 is 9.88 Å². The summed E-state index contributed by atoms with van der Waals surface area (Å²) in [7, 11) is 2.02. The van der Waals surface area contributed by atoms with Crippen LogP contribution < -0.4 is 5.32 Å². The van der Waals surface area contributed by atoms with Gasteiger partial charge in [-0.2, -0.15) is 0 Å². The van der Waals surface area contributed by atoms with Gasteiger partial charge in [-0.05, 0) is 65.4 Å². The lowest BCUT2D eigenvalue weighted by Gasteiger charge is -2.14. The third-order valence-corrected chi connectivity index (χ3v) is 3.45. The van der Waals surface area contributed by atoms with Gasteiger partial charge in [0, 0.05) is 22.6 Å². The molecule has 0 fully saturated rings. The van der Waals surface area contributed by atoms with Crippen LogP contribution in [0.2, 0.25) is 0 Å². The van der Waals surface area contributed by atoms with Gasteiger partial charge in [0.1, 0.15) is 0 Å². The van der Waals surface area contributed by atoms with Crippen LogP contribution in [0.3, 0.4) is 0 Å². The number of nitrogens with zero attached hydrogens (tertiary/aromatic N) is 1. The number of aryl methyl sites for hydroxylation is 2. The zero-order chi connectivity index (χ0) is 13.1. The summed E-state index contributed by atoms with van der Waals surface area (Å²) >= 11 is 0. The van der Waals surface area contributed by atoms with Gasteiger partial charge in [0.15, 0.2) is 0 Å². The molecule has 0 aliphatic heterocycles. The van der Waals surface area contributed by atoms with E-state index < -0.39 is 0 Å². The summed E-state index contributed by atoms with van der Waals surface area (Å²) < 4.78 is 2.48. The van der Waals surface area contributed by atoms with E-state index in [1.807, 2.05) is 7.05 Å². The predicted molar refractivity (Wildman–Crippen MR) is 79.3 cm³/mol. The minimum atomic E-state index is 0.523. The Kier molecular flexibility index (Phi) is 4.07. The average molecular weight is 244 g/mol. The lowest BCUT2D eigenvalue weighted by molar-refractivity contribution is 0.582. The number of nitrogens with one attached hydrogen (secondary N) is 1. The summed E-state index contributed by atoms with van der Waals surface area (Å²) in [6.07, 6.45) is 2.34. The van der Waals surface area contributed by atoms with Crippen molar-refractivity contribution in [3.8, 4) is 0 Å². The van der Waals surface area contributed by atoms with Crippen LogP contribution in [0.25, 0.3) is 10.9 Å². The number of hydrogen-bond donors (Lipinski definition) is 1. The minimum Gasteiger partial charge on any atom is -0.342 e. The maximum atomic E-state index is 3.22. The van der Waals surface area contributed by atoms with Crippen LogP contribution in [0.1, 0.15) is 37.6 Å². The van der Waals surface area contributed by atoms with Crippen LogP contribution >= 0.6 is 0 Å². The highest BCUT2D eigenvalue weighted by atomic mass is 15.0. The molecule has 0 unspecified atom stereocenters. The highest BCUT2D eigenvalue weighted by Crippen LogP contribution is 2.25. The van der Waals surface area contributed by atoms with Gasteiger partial charge in [0.2, 0.25) is 0 Å². The molecule has 0 aliphatic carbocycles. The Morgan fingerprint density at radius 1 is 1.22 bits per heavy atom. The molecule has 1 heterocycles. The van der Waals surface area contributed by atoms with Gasteiger partial charge in [-0.1, -0.05) is 11.6 Å². The molecule has 0 spiro atoms. The van der Waals surface area contributed by atoms with Crippen LogP contribution in [-0.4, -0.2) is 18.2 Å². The van der Waals surface area contributed by atoms with Crippen LogP contribution in [0, 0.1) is 6.92 Å². The first kappa shape index (κ1) is 13.2. The molecule has 0 atom stereocenters. The quantitative estimate of drug-likeness (QED) is 0.794. The van der Waals surface area contributed by atoms with E-state index in [1.54, 1.807) is 0 Å². The smallest absolute Gasteiger partial charge is 0.0485 e. The molecule has 0 amide bonds. The summed E-state index contributed by atoms with van der Waals surface area (Å²) in [5.41, 5.74) is 4.17. The molecule has 0 bridgehead atoms. The molecule has 2 heteroatoms. The zero-order valence-electron chi connectivity index (χ0n) is 12.0. The van der Waals surface area contributed by atoms with Gasteiger partial charge >= 0.3 is 0 Å². The molecule has 0 saturated heterocycles. The molecule has 0 radical (unpaired) electrons. The van der Waals surface area contributed by atoms with Crippen molar-refractivity contribution in [2.75, 3.05) is 13.6 Å². The van der Waals surface area contributed by atoms with Crippen LogP contribution in [0.4, 0.5) is 0 Å². The topological polar surface area (TPSA) is 17.0 Å². The van der Waals surface area contributed by atoms with E-state index in [4.69, 9.17) is 0 Å². The molecule has 1 aromatic carbocycles. The van der Waals surface area contributed by atoms with Crippen LogP contribution in [0.5, 0.6) is 0 Å². The fourth-order valence-corrected chi connectivity index (χ4v) is 2.66. The summed E-state index contributed by atoms with van der Waals surface area (Å²) in [5, 5.41) is 4.60.